The molecule has 11 heteroatoms. The molecule has 2 bridgehead atoms. The monoisotopic (exact) mass is 524 g/mol. The van der Waals surface area contributed by atoms with Gasteiger partial charge in [-0.15, -0.1) is 6.58 Å². The summed E-state index contributed by atoms with van der Waals surface area (Å²) in [7, 11) is 0. The second kappa shape index (κ2) is 14.6. The Bertz CT molecular complexity index is 1040. The minimum Gasteiger partial charge on any atom is -0.378 e. The van der Waals surface area contributed by atoms with Crippen LogP contribution in [0.4, 0.5) is 23.5 Å². The first-order chi connectivity index (χ1) is 18.6. The molecule has 3 atom stereocenters. The van der Waals surface area contributed by atoms with E-state index in [4.69, 9.17) is 15.2 Å². The number of nitrogens with one attached hydrogen (secondary N) is 4. The van der Waals surface area contributed by atoms with Crippen LogP contribution in [0.25, 0.3) is 0 Å². The van der Waals surface area contributed by atoms with Crippen LogP contribution < -0.4 is 27.0 Å². The summed E-state index contributed by atoms with van der Waals surface area (Å²) in [6, 6.07) is 8.08. The van der Waals surface area contributed by atoms with Crippen LogP contribution in [0.15, 0.2) is 36.9 Å². The van der Waals surface area contributed by atoms with Crippen molar-refractivity contribution in [3.63, 3.8) is 0 Å². The van der Waals surface area contributed by atoms with E-state index in [0.717, 1.165) is 17.2 Å². The van der Waals surface area contributed by atoms with E-state index in [-0.39, 0.29) is 5.91 Å². The van der Waals surface area contributed by atoms with Crippen LogP contribution in [-0.2, 0) is 20.7 Å². The Morgan fingerprint density at radius 2 is 1.76 bits per heavy atom. The fourth-order valence-electron chi connectivity index (χ4n) is 5.08. The second-order valence-electron chi connectivity index (χ2n) is 9.76. The van der Waals surface area contributed by atoms with Crippen LogP contribution in [0, 0.1) is 11.8 Å². The Kier molecular flexibility index (Phi) is 10.7. The molecule has 0 saturated heterocycles. The van der Waals surface area contributed by atoms with Crippen LogP contribution in [0.3, 0.4) is 0 Å². The highest BCUT2D eigenvalue weighted by Crippen LogP contribution is 2.45. The lowest BCUT2D eigenvalue weighted by atomic mass is 9.95. The average Bonchev–Trinajstić information content (AvgIpc) is 3.54. The van der Waals surface area contributed by atoms with Crippen molar-refractivity contribution >= 4 is 29.4 Å². The molecule has 1 amide bonds. The highest BCUT2D eigenvalue weighted by molar-refractivity contribution is 5.78. The number of hydrogen-bond acceptors (Lipinski definition) is 10. The fourth-order valence-corrected chi connectivity index (χ4v) is 5.08. The summed E-state index contributed by atoms with van der Waals surface area (Å²) < 4.78 is 10.7. The van der Waals surface area contributed by atoms with Crippen LogP contribution in [0.1, 0.15) is 31.2 Å². The summed E-state index contributed by atoms with van der Waals surface area (Å²) in [5.74, 6) is 3.00. The van der Waals surface area contributed by atoms with Gasteiger partial charge in [0.15, 0.2) is 0 Å². The lowest BCUT2D eigenvalue weighted by molar-refractivity contribution is -0.120. The molecule has 2 fully saturated rings. The number of nitrogens with zero attached hydrogens (tertiary/aromatic N) is 3. The van der Waals surface area contributed by atoms with E-state index in [0.29, 0.717) is 82.3 Å². The molecular formula is C27H40N8O3. The Labute approximate surface area is 224 Å². The Morgan fingerprint density at radius 3 is 2.47 bits per heavy atom. The van der Waals surface area contributed by atoms with Crippen molar-refractivity contribution < 1.29 is 14.3 Å². The molecule has 2 aromatic rings. The Morgan fingerprint density at radius 1 is 1.00 bits per heavy atom. The van der Waals surface area contributed by atoms with Crippen LogP contribution >= 0.6 is 0 Å². The molecule has 3 unspecified atom stereocenters. The molecule has 0 spiro atoms. The summed E-state index contributed by atoms with van der Waals surface area (Å²) in [5, 5.41) is 12.8. The van der Waals surface area contributed by atoms with Gasteiger partial charge < -0.3 is 36.5 Å². The molecule has 1 heterocycles. The van der Waals surface area contributed by atoms with Crippen LogP contribution in [-0.4, -0.2) is 73.0 Å². The number of rotatable bonds is 17. The minimum atomic E-state index is -0.0552. The predicted octanol–water partition coefficient (Wildman–Crippen LogP) is 2.46. The quantitative estimate of drug-likeness (QED) is 0.154. The van der Waals surface area contributed by atoms with Gasteiger partial charge >= 0.3 is 0 Å². The first kappa shape index (κ1) is 27.7. The van der Waals surface area contributed by atoms with E-state index in [1.54, 1.807) is 6.08 Å². The molecule has 1 aromatic carbocycles. The van der Waals surface area contributed by atoms with Gasteiger partial charge in [0.2, 0.25) is 23.8 Å². The molecule has 2 aliphatic rings. The minimum absolute atomic E-state index is 0.0552. The standard InChI is InChI=1S/C27H40N8O3/c1-2-10-30-25-33-26(35-27(34-25)32-23-17-20-3-6-21(23)16-20)31-22-7-4-19(5-8-22)18-24(36)29-11-13-38-15-14-37-12-9-28/h2,4-5,7-8,20-21,23H,1,3,6,9-18,28H2,(H,29,36)(H3,30,31,32,33,34,35). The van der Waals surface area contributed by atoms with Gasteiger partial charge in [0, 0.05) is 31.4 Å². The maximum absolute atomic E-state index is 12.2. The molecule has 11 nitrogen and oxygen atoms in total. The maximum Gasteiger partial charge on any atom is 0.233 e. The van der Waals surface area contributed by atoms with Crippen molar-refractivity contribution in [2.75, 3.05) is 62.0 Å². The summed E-state index contributed by atoms with van der Waals surface area (Å²) in [5.41, 5.74) is 7.09. The van der Waals surface area contributed by atoms with Gasteiger partial charge in [-0.1, -0.05) is 24.6 Å². The number of anilines is 4. The van der Waals surface area contributed by atoms with Crippen LogP contribution in [0.5, 0.6) is 0 Å². The topological polar surface area (TPSA) is 148 Å². The molecule has 206 valence electrons. The number of fused-ring (bicyclic) bond motifs is 2. The van der Waals surface area contributed by atoms with Gasteiger partial charge in [-0.3, -0.25) is 4.79 Å². The fraction of sp³-hybridized carbons (Fsp3) is 0.556. The van der Waals surface area contributed by atoms with Crippen molar-refractivity contribution in [2.45, 2.75) is 38.1 Å². The Balaban J connectivity index is 1.26. The number of nitrogens with two attached hydrogens (primary N) is 1. The normalized spacial score (nSPS) is 19.8. The summed E-state index contributed by atoms with van der Waals surface area (Å²) in [6.45, 7) is 7.22. The third kappa shape index (κ3) is 8.64. The van der Waals surface area contributed by atoms with Crippen molar-refractivity contribution in [1.29, 1.82) is 0 Å². The molecule has 1 aromatic heterocycles. The molecule has 6 N–H and O–H groups in total. The lowest BCUT2D eigenvalue weighted by Crippen LogP contribution is -2.29. The smallest absolute Gasteiger partial charge is 0.233 e. The molecule has 2 aliphatic carbocycles. The predicted molar refractivity (Wildman–Crippen MR) is 149 cm³/mol. The highest BCUT2D eigenvalue weighted by Gasteiger charge is 2.39. The molecular weight excluding hydrogens is 484 g/mol. The second-order valence-corrected chi connectivity index (χ2v) is 9.76. The maximum atomic E-state index is 12.2. The third-order valence-corrected chi connectivity index (χ3v) is 6.87. The van der Waals surface area contributed by atoms with E-state index in [1.165, 1.54) is 25.7 Å². The van der Waals surface area contributed by atoms with Gasteiger partial charge in [-0.25, -0.2) is 0 Å². The van der Waals surface area contributed by atoms with Crippen molar-refractivity contribution in [1.82, 2.24) is 20.3 Å². The van der Waals surface area contributed by atoms with E-state index in [1.807, 2.05) is 24.3 Å². The zero-order chi connectivity index (χ0) is 26.6. The molecule has 38 heavy (non-hydrogen) atoms. The van der Waals surface area contributed by atoms with Crippen LogP contribution in [0.2, 0.25) is 0 Å². The van der Waals surface area contributed by atoms with Gasteiger partial charge in [-0.2, -0.15) is 15.0 Å². The number of carbonyl (C=O) groups excluding carboxylic acids is 1. The Hall–Kier alpha value is -3.28. The van der Waals surface area contributed by atoms with Gasteiger partial charge in [-0.05, 0) is 48.8 Å². The average molecular weight is 525 g/mol. The van der Waals surface area contributed by atoms with E-state index in [2.05, 4.69) is 42.8 Å². The third-order valence-electron chi connectivity index (χ3n) is 6.87. The first-order valence-corrected chi connectivity index (χ1v) is 13.5. The first-order valence-electron chi connectivity index (χ1n) is 13.5. The molecule has 0 radical (unpaired) electrons. The number of amides is 1. The van der Waals surface area contributed by atoms with E-state index < -0.39 is 0 Å². The van der Waals surface area contributed by atoms with Crippen molar-refractivity contribution in [3.05, 3.63) is 42.5 Å². The molecule has 4 rings (SSSR count). The highest BCUT2D eigenvalue weighted by atomic mass is 16.5. The van der Waals surface area contributed by atoms with Gasteiger partial charge in [0.1, 0.15) is 0 Å². The molecule has 0 aliphatic heterocycles. The van der Waals surface area contributed by atoms with Gasteiger partial charge in [0.25, 0.3) is 0 Å². The van der Waals surface area contributed by atoms with Gasteiger partial charge in [0.05, 0.1) is 32.8 Å². The number of benzene rings is 1. The zero-order valence-corrected chi connectivity index (χ0v) is 22.0. The van der Waals surface area contributed by atoms with E-state index >= 15 is 0 Å². The number of aromatic nitrogens is 3. The number of ether oxygens (including phenoxy) is 2. The SMILES string of the molecule is C=CCNc1nc(Nc2ccc(CC(=O)NCCOCCOCCN)cc2)nc(NC2CC3CCC2C3)n1. The molecule has 2 saturated carbocycles. The summed E-state index contributed by atoms with van der Waals surface area (Å²) in [6.07, 6.45) is 7.17. The van der Waals surface area contributed by atoms with Crippen molar-refractivity contribution in [2.24, 2.45) is 17.6 Å². The number of hydrogen-bond donors (Lipinski definition) is 5. The summed E-state index contributed by atoms with van der Waals surface area (Å²) >= 11 is 0. The van der Waals surface area contributed by atoms with E-state index in [9.17, 15) is 4.79 Å². The zero-order valence-electron chi connectivity index (χ0n) is 22.0. The van der Waals surface area contributed by atoms with Crippen molar-refractivity contribution in [3.8, 4) is 0 Å². The largest absolute Gasteiger partial charge is 0.378 e. The lowest BCUT2D eigenvalue weighted by Gasteiger charge is -2.23. The summed E-state index contributed by atoms with van der Waals surface area (Å²) in [4.78, 5) is 25.9. The number of carbonyl (C=O) groups is 1.